The Morgan fingerprint density at radius 1 is 1.17 bits per heavy atom. The van der Waals surface area contributed by atoms with E-state index in [1.807, 2.05) is 0 Å². The van der Waals surface area contributed by atoms with Crippen LogP contribution in [0.5, 0.6) is 5.75 Å². The van der Waals surface area contributed by atoms with Crippen LogP contribution in [0.2, 0.25) is 0 Å². The standard InChI is InChI=1S/C15H19F3N2O3S/c16-15(17,18)23-13-6-1-2-7-14(13)24(21,22)20-8-10-4-3-5-12(19)11(10)9-20/h1-2,6-7,10-12H,3-5,8-9,19H2. The summed E-state index contributed by atoms with van der Waals surface area (Å²) in [5.74, 6) is -0.479. The summed E-state index contributed by atoms with van der Waals surface area (Å²) in [4.78, 5) is -0.463. The van der Waals surface area contributed by atoms with Crippen LogP contribution in [0, 0.1) is 11.8 Å². The van der Waals surface area contributed by atoms with E-state index < -0.39 is 27.0 Å². The summed E-state index contributed by atoms with van der Waals surface area (Å²) in [5.41, 5.74) is 6.08. The Hall–Kier alpha value is -1.32. The molecule has 2 N–H and O–H groups in total. The summed E-state index contributed by atoms with van der Waals surface area (Å²) in [5, 5.41) is 0. The van der Waals surface area contributed by atoms with E-state index in [-0.39, 0.29) is 24.4 Å². The zero-order chi connectivity index (χ0) is 17.5. The molecular formula is C15H19F3N2O3S. The molecule has 24 heavy (non-hydrogen) atoms. The van der Waals surface area contributed by atoms with Crippen molar-refractivity contribution < 1.29 is 26.3 Å². The fraction of sp³-hybridized carbons (Fsp3) is 0.600. The lowest BCUT2D eigenvalue weighted by atomic mass is 9.78. The highest BCUT2D eigenvalue weighted by atomic mass is 32.2. The number of sulfonamides is 1. The van der Waals surface area contributed by atoms with Gasteiger partial charge in [-0.1, -0.05) is 18.6 Å². The monoisotopic (exact) mass is 364 g/mol. The Morgan fingerprint density at radius 3 is 2.54 bits per heavy atom. The fourth-order valence-corrected chi connectivity index (χ4v) is 5.33. The molecule has 1 aliphatic carbocycles. The number of nitrogens with two attached hydrogens (primary N) is 1. The lowest BCUT2D eigenvalue weighted by Crippen LogP contribution is -2.38. The van der Waals surface area contributed by atoms with Crippen molar-refractivity contribution in [2.75, 3.05) is 13.1 Å². The van der Waals surface area contributed by atoms with Crippen molar-refractivity contribution in [1.82, 2.24) is 4.31 Å². The Kier molecular flexibility index (Phi) is 4.52. The van der Waals surface area contributed by atoms with Gasteiger partial charge in [-0.05, 0) is 36.8 Å². The average molecular weight is 364 g/mol. The predicted molar refractivity (Wildman–Crippen MR) is 80.7 cm³/mol. The molecule has 134 valence electrons. The molecule has 0 spiro atoms. The van der Waals surface area contributed by atoms with Gasteiger partial charge in [0.1, 0.15) is 10.6 Å². The highest BCUT2D eigenvalue weighted by molar-refractivity contribution is 7.89. The topological polar surface area (TPSA) is 72.6 Å². The highest BCUT2D eigenvalue weighted by Gasteiger charge is 2.44. The van der Waals surface area contributed by atoms with Gasteiger partial charge in [0, 0.05) is 19.1 Å². The number of alkyl halides is 3. The van der Waals surface area contributed by atoms with Gasteiger partial charge in [0.15, 0.2) is 0 Å². The molecule has 3 unspecified atom stereocenters. The third-order valence-corrected chi connectivity index (χ3v) is 6.68. The van der Waals surface area contributed by atoms with Crippen LogP contribution in [0.25, 0.3) is 0 Å². The first-order valence-corrected chi connectivity index (χ1v) is 9.23. The third kappa shape index (κ3) is 3.38. The number of nitrogens with zero attached hydrogens (tertiary/aromatic N) is 1. The lowest BCUT2D eigenvalue weighted by Gasteiger charge is -2.29. The number of fused-ring (bicyclic) bond motifs is 1. The minimum absolute atomic E-state index is 0.0595. The van der Waals surface area contributed by atoms with Gasteiger partial charge in [0.2, 0.25) is 10.0 Å². The zero-order valence-electron chi connectivity index (χ0n) is 12.9. The number of hydrogen-bond donors (Lipinski definition) is 1. The van der Waals surface area contributed by atoms with Crippen LogP contribution < -0.4 is 10.5 Å². The molecule has 1 aromatic rings. The number of para-hydroxylation sites is 1. The van der Waals surface area contributed by atoms with Crippen molar-refractivity contribution >= 4 is 10.0 Å². The molecule has 1 saturated heterocycles. The molecular weight excluding hydrogens is 345 g/mol. The molecule has 1 heterocycles. The number of ether oxygens (including phenoxy) is 1. The van der Waals surface area contributed by atoms with Crippen LogP contribution in [0.1, 0.15) is 19.3 Å². The van der Waals surface area contributed by atoms with Crippen LogP contribution in [-0.4, -0.2) is 38.2 Å². The predicted octanol–water partition coefficient (Wildman–Crippen LogP) is 2.33. The second kappa shape index (κ2) is 6.20. The number of benzene rings is 1. The first kappa shape index (κ1) is 17.5. The van der Waals surface area contributed by atoms with Crippen molar-refractivity contribution in [3.05, 3.63) is 24.3 Å². The first-order chi connectivity index (χ1) is 11.2. The summed E-state index contributed by atoms with van der Waals surface area (Å²) in [6.45, 7) is 0.537. The van der Waals surface area contributed by atoms with Gasteiger partial charge in [-0.25, -0.2) is 8.42 Å². The second-order valence-corrected chi connectivity index (χ2v) is 8.24. The average Bonchev–Trinajstić information content (AvgIpc) is 2.92. The maximum atomic E-state index is 12.8. The molecule has 3 atom stereocenters. The van der Waals surface area contributed by atoms with Gasteiger partial charge in [-0.3, -0.25) is 0 Å². The Morgan fingerprint density at radius 2 is 1.88 bits per heavy atom. The Labute approximate surface area is 138 Å². The molecule has 1 saturated carbocycles. The molecule has 5 nitrogen and oxygen atoms in total. The molecule has 0 aromatic heterocycles. The van der Waals surface area contributed by atoms with Gasteiger partial charge < -0.3 is 10.5 Å². The van der Waals surface area contributed by atoms with Crippen LogP contribution in [-0.2, 0) is 10.0 Å². The summed E-state index contributed by atoms with van der Waals surface area (Å²) in [6, 6.07) is 4.77. The number of rotatable bonds is 3. The summed E-state index contributed by atoms with van der Waals surface area (Å²) in [7, 11) is -4.07. The number of hydrogen-bond acceptors (Lipinski definition) is 4. The van der Waals surface area contributed by atoms with E-state index in [1.165, 1.54) is 16.4 Å². The van der Waals surface area contributed by atoms with E-state index in [2.05, 4.69) is 4.74 Å². The minimum atomic E-state index is -4.95. The van der Waals surface area contributed by atoms with E-state index in [0.717, 1.165) is 31.4 Å². The van der Waals surface area contributed by atoms with Gasteiger partial charge in [0.05, 0.1) is 0 Å². The SMILES string of the molecule is NC1CCCC2CN(S(=O)(=O)c3ccccc3OC(F)(F)F)CC12. The van der Waals surface area contributed by atoms with Crippen molar-refractivity contribution in [2.24, 2.45) is 17.6 Å². The first-order valence-electron chi connectivity index (χ1n) is 7.79. The smallest absolute Gasteiger partial charge is 0.404 e. The van der Waals surface area contributed by atoms with Gasteiger partial charge in [-0.2, -0.15) is 4.31 Å². The van der Waals surface area contributed by atoms with Gasteiger partial charge >= 0.3 is 6.36 Å². The summed E-state index contributed by atoms with van der Waals surface area (Å²) in [6.07, 6.45) is -2.26. The quantitative estimate of drug-likeness (QED) is 0.894. The third-order valence-electron chi connectivity index (χ3n) is 4.81. The molecule has 1 aliphatic heterocycles. The molecule has 0 radical (unpaired) electrons. The molecule has 2 fully saturated rings. The van der Waals surface area contributed by atoms with Crippen molar-refractivity contribution in [1.29, 1.82) is 0 Å². The van der Waals surface area contributed by atoms with Crippen molar-refractivity contribution in [3.8, 4) is 5.75 Å². The molecule has 2 aliphatic rings. The van der Waals surface area contributed by atoms with Crippen molar-refractivity contribution in [3.63, 3.8) is 0 Å². The summed E-state index contributed by atoms with van der Waals surface area (Å²) >= 11 is 0. The van der Waals surface area contributed by atoms with E-state index in [1.54, 1.807) is 0 Å². The second-order valence-electron chi connectivity index (χ2n) is 6.34. The maximum absolute atomic E-state index is 12.8. The Balaban J connectivity index is 1.89. The zero-order valence-corrected chi connectivity index (χ0v) is 13.7. The minimum Gasteiger partial charge on any atom is -0.404 e. The number of halogens is 3. The largest absolute Gasteiger partial charge is 0.573 e. The van der Waals surface area contributed by atoms with E-state index >= 15 is 0 Å². The molecule has 1 aromatic carbocycles. The highest BCUT2D eigenvalue weighted by Crippen LogP contribution is 2.39. The van der Waals surface area contributed by atoms with Gasteiger partial charge in [0.25, 0.3) is 0 Å². The molecule has 3 rings (SSSR count). The fourth-order valence-electron chi connectivity index (χ4n) is 3.68. The van der Waals surface area contributed by atoms with E-state index in [4.69, 9.17) is 5.73 Å². The summed E-state index contributed by atoms with van der Waals surface area (Å²) < 4.78 is 68.4. The van der Waals surface area contributed by atoms with Crippen LogP contribution in [0.4, 0.5) is 13.2 Å². The van der Waals surface area contributed by atoms with E-state index in [9.17, 15) is 21.6 Å². The normalized spacial score (nSPS) is 28.6. The Bertz CT molecular complexity index is 708. The van der Waals surface area contributed by atoms with Crippen LogP contribution in [0.15, 0.2) is 29.2 Å². The molecule has 0 bridgehead atoms. The molecule has 9 heteroatoms. The lowest BCUT2D eigenvalue weighted by molar-refractivity contribution is -0.275. The van der Waals surface area contributed by atoms with Gasteiger partial charge in [-0.15, -0.1) is 13.2 Å². The van der Waals surface area contributed by atoms with Crippen molar-refractivity contribution in [2.45, 2.75) is 36.6 Å². The maximum Gasteiger partial charge on any atom is 0.573 e. The molecule has 0 amide bonds. The van der Waals surface area contributed by atoms with Crippen LogP contribution >= 0.6 is 0 Å². The van der Waals surface area contributed by atoms with Crippen LogP contribution in [0.3, 0.4) is 0 Å². The van der Waals surface area contributed by atoms with E-state index in [0.29, 0.717) is 6.54 Å².